The Bertz CT molecular complexity index is 2200. The SMILES string of the molecule is c1ccc(-c2nc(-c3cccc(-c4ccc5ccccc5c4)c3)nc3c4ccccc4n(-c4ccccc4)c23)cc1. The first-order valence-corrected chi connectivity index (χ1v) is 13.9. The summed E-state index contributed by atoms with van der Waals surface area (Å²) in [6, 6.07) is 53.1. The monoisotopic (exact) mass is 523 g/mol. The van der Waals surface area contributed by atoms with Gasteiger partial charge >= 0.3 is 0 Å². The number of aromatic nitrogens is 3. The Morgan fingerprint density at radius 1 is 0.439 bits per heavy atom. The number of nitrogens with zero attached hydrogens (tertiary/aromatic N) is 3. The zero-order valence-corrected chi connectivity index (χ0v) is 22.3. The number of benzene rings is 6. The van der Waals surface area contributed by atoms with Crippen molar-refractivity contribution in [2.24, 2.45) is 0 Å². The van der Waals surface area contributed by atoms with Gasteiger partial charge in [0.25, 0.3) is 0 Å². The van der Waals surface area contributed by atoms with Crippen LogP contribution >= 0.6 is 0 Å². The molecule has 192 valence electrons. The predicted octanol–water partition coefficient (Wildman–Crippen LogP) is 9.73. The molecule has 0 fully saturated rings. The molecule has 8 rings (SSSR count). The molecule has 6 aromatic carbocycles. The summed E-state index contributed by atoms with van der Waals surface area (Å²) in [6.45, 7) is 0. The third kappa shape index (κ3) is 3.98. The first kappa shape index (κ1) is 23.4. The van der Waals surface area contributed by atoms with Crippen molar-refractivity contribution in [3.05, 3.63) is 152 Å². The molecule has 41 heavy (non-hydrogen) atoms. The van der Waals surface area contributed by atoms with Crippen molar-refractivity contribution in [3.63, 3.8) is 0 Å². The van der Waals surface area contributed by atoms with E-state index in [4.69, 9.17) is 9.97 Å². The molecule has 0 aliphatic carbocycles. The summed E-state index contributed by atoms with van der Waals surface area (Å²) in [4.78, 5) is 10.5. The van der Waals surface area contributed by atoms with Gasteiger partial charge in [0, 0.05) is 22.2 Å². The molecule has 0 atom stereocenters. The molecule has 0 saturated heterocycles. The van der Waals surface area contributed by atoms with Gasteiger partial charge in [0.05, 0.1) is 16.7 Å². The van der Waals surface area contributed by atoms with Gasteiger partial charge in [0.15, 0.2) is 5.82 Å². The lowest BCUT2D eigenvalue weighted by Crippen LogP contribution is -1.99. The Kier molecular flexibility index (Phi) is 5.46. The third-order valence-electron chi connectivity index (χ3n) is 7.77. The molecule has 0 bridgehead atoms. The molecule has 0 aliphatic rings. The van der Waals surface area contributed by atoms with Crippen molar-refractivity contribution in [1.82, 2.24) is 14.5 Å². The van der Waals surface area contributed by atoms with Gasteiger partial charge < -0.3 is 4.57 Å². The highest BCUT2D eigenvalue weighted by Gasteiger charge is 2.20. The van der Waals surface area contributed by atoms with Crippen molar-refractivity contribution in [2.75, 3.05) is 0 Å². The summed E-state index contributed by atoms with van der Waals surface area (Å²) < 4.78 is 2.29. The summed E-state index contributed by atoms with van der Waals surface area (Å²) in [5, 5.41) is 3.58. The average Bonchev–Trinajstić information content (AvgIpc) is 3.39. The normalized spacial score (nSPS) is 11.4. The molecule has 2 aromatic heterocycles. The van der Waals surface area contributed by atoms with Crippen LogP contribution in [0.1, 0.15) is 0 Å². The molecule has 0 spiro atoms. The summed E-state index contributed by atoms with van der Waals surface area (Å²) >= 11 is 0. The number of fused-ring (bicyclic) bond motifs is 4. The topological polar surface area (TPSA) is 30.7 Å². The summed E-state index contributed by atoms with van der Waals surface area (Å²) in [5.41, 5.74) is 9.45. The molecule has 0 saturated carbocycles. The van der Waals surface area contributed by atoms with Crippen LogP contribution in [0.25, 0.3) is 72.2 Å². The Labute approximate surface area is 238 Å². The van der Waals surface area contributed by atoms with E-state index < -0.39 is 0 Å². The summed E-state index contributed by atoms with van der Waals surface area (Å²) in [5.74, 6) is 0.718. The molecule has 0 unspecified atom stereocenters. The van der Waals surface area contributed by atoms with E-state index in [9.17, 15) is 0 Å². The van der Waals surface area contributed by atoms with Crippen LogP contribution in [0.2, 0.25) is 0 Å². The zero-order valence-electron chi connectivity index (χ0n) is 22.3. The van der Waals surface area contributed by atoms with Crippen molar-refractivity contribution < 1.29 is 0 Å². The van der Waals surface area contributed by atoms with Crippen LogP contribution in [0.3, 0.4) is 0 Å². The van der Waals surface area contributed by atoms with E-state index in [2.05, 4.69) is 144 Å². The van der Waals surface area contributed by atoms with Crippen molar-refractivity contribution >= 4 is 32.7 Å². The maximum atomic E-state index is 5.28. The van der Waals surface area contributed by atoms with Crippen LogP contribution in [0, 0.1) is 0 Å². The van der Waals surface area contributed by atoms with Gasteiger partial charge in [0.2, 0.25) is 0 Å². The standard InChI is InChI=1S/C38H25N3/c1-3-13-27(14-4-1)35-37-36(33-20-9-10-21-34(33)41(37)32-18-5-2-6-19-32)40-38(39-35)31-17-11-16-29(25-31)30-23-22-26-12-7-8-15-28(26)24-30/h1-25H. The second kappa shape index (κ2) is 9.58. The fraction of sp³-hybridized carbons (Fsp3) is 0. The van der Waals surface area contributed by atoms with Gasteiger partial charge in [-0.25, -0.2) is 9.97 Å². The lowest BCUT2D eigenvalue weighted by molar-refractivity contribution is 1.15. The Hall–Kier alpha value is -5.54. The number of rotatable bonds is 4. The van der Waals surface area contributed by atoms with Crippen LogP contribution in [0.4, 0.5) is 0 Å². The van der Waals surface area contributed by atoms with Crippen LogP contribution in [0.5, 0.6) is 0 Å². The van der Waals surface area contributed by atoms with Crippen LogP contribution in [0.15, 0.2) is 152 Å². The number of hydrogen-bond acceptors (Lipinski definition) is 2. The highest BCUT2D eigenvalue weighted by molar-refractivity contribution is 6.11. The largest absolute Gasteiger partial charge is 0.306 e. The van der Waals surface area contributed by atoms with Crippen molar-refractivity contribution in [3.8, 4) is 39.5 Å². The molecule has 3 nitrogen and oxygen atoms in total. The van der Waals surface area contributed by atoms with Gasteiger partial charge in [-0.15, -0.1) is 0 Å². The summed E-state index contributed by atoms with van der Waals surface area (Å²) in [6.07, 6.45) is 0. The van der Waals surface area contributed by atoms with Gasteiger partial charge in [0.1, 0.15) is 5.52 Å². The van der Waals surface area contributed by atoms with Gasteiger partial charge in [-0.05, 0) is 52.2 Å². The quantitative estimate of drug-likeness (QED) is 0.230. The van der Waals surface area contributed by atoms with E-state index >= 15 is 0 Å². The lowest BCUT2D eigenvalue weighted by atomic mass is 9.99. The molecule has 0 radical (unpaired) electrons. The highest BCUT2D eigenvalue weighted by atomic mass is 15.0. The minimum absolute atomic E-state index is 0.718. The Balaban J connectivity index is 1.39. The average molecular weight is 524 g/mol. The van der Waals surface area contributed by atoms with E-state index in [1.165, 1.54) is 16.3 Å². The lowest BCUT2D eigenvalue weighted by Gasteiger charge is -2.12. The molecule has 0 aliphatic heterocycles. The smallest absolute Gasteiger partial charge is 0.160 e. The second-order valence-electron chi connectivity index (χ2n) is 10.3. The molecule has 8 aromatic rings. The third-order valence-corrected chi connectivity index (χ3v) is 7.77. The van der Waals surface area contributed by atoms with Crippen LogP contribution in [-0.2, 0) is 0 Å². The highest BCUT2D eigenvalue weighted by Crippen LogP contribution is 2.38. The van der Waals surface area contributed by atoms with E-state index in [-0.39, 0.29) is 0 Å². The second-order valence-corrected chi connectivity index (χ2v) is 10.3. The van der Waals surface area contributed by atoms with E-state index in [1.54, 1.807) is 0 Å². The Morgan fingerprint density at radius 3 is 1.95 bits per heavy atom. The zero-order chi connectivity index (χ0) is 27.2. The molecule has 3 heteroatoms. The van der Waals surface area contributed by atoms with Gasteiger partial charge in [-0.2, -0.15) is 0 Å². The van der Waals surface area contributed by atoms with Gasteiger partial charge in [-0.3, -0.25) is 0 Å². The van der Waals surface area contributed by atoms with Crippen molar-refractivity contribution in [1.29, 1.82) is 0 Å². The maximum absolute atomic E-state index is 5.28. The molecular formula is C38H25N3. The minimum Gasteiger partial charge on any atom is -0.306 e. The number of hydrogen-bond donors (Lipinski definition) is 0. The van der Waals surface area contributed by atoms with E-state index in [1.807, 2.05) is 12.1 Å². The van der Waals surface area contributed by atoms with E-state index in [0.717, 1.165) is 55.8 Å². The fourth-order valence-electron chi connectivity index (χ4n) is 5.82. The van der Waals surface area contributed by atoms with E-state index in [0.29, 0.717) is 0 Å². The number of para-hydroxylation sites is 2. The minimum atomic E-state index is 0.718. The fourth-order valence-corrected chi connectivity index (χ4v) is 5.82. The molecule has 0 N–H and O–H groups in total. The predicted molar refractivity (Wildman–Crippen MR) is 170 cm³/mol. The van der Waals surface area contributed by atoms with Gasteiger partial charge in [-0.1, -0.05) is 121 Å². The maximum Gasteiger partial charge on any atom is 0.160 e. The summed E-state index contributed by atoms with van der Waals surface area (Å²) in [7, 11) is 0. The van der Waals surface area contributed by atoms with Crippen molar-refractivity contribution in [2.45, 2.75) is 0 Å². The van der Waals surface area contributed by atoms with Crippen LogP contribution in [-0.4, -0.2) is 14.5 Å². The first-order valence-electron chi connectivity index (χ1n) is 13.9. The molecular weight excluding hydrogens is 498 g/mol. The Morgan fingerprint density at radius 2 is 1.10 bits per heavy atom. The van der Waals surface area contributed by atoms with Crippen LogP contribution < -0.4 is 0 Å². The molecule has 2 heterocycles. The molecule has 0 amide bonds. The first-order chi connectivity index (χ1) is 20.3.